The minimum absolute atomic E-state index is 0. The molecule has 0 atom stereocenters. The van der Waals surface area contributed by atoms with Crippen LogP contribution in [0.3, 0.4) is 0 Å². The molecule has 3 nitrogen and oxygen atoms in total. The molecule has 1 aliphatic rings. The van der Waals surface area contributed by atoms with Gasteiger partial charge in [-0.25, -0.2) is 4.79 Å². The maximum Gasteiger partial charge on any atom is 0.338 e. The molecule has 0 N–H and O–H groups in total. The third kappa shape index (κ3) is 4.99. The number of hydrogen-bond donors (Lipinski definition) is 0. The number of halogens is 1. The molecule has 0 radical (unpaired) electrons. The molecule has 0 bridgehead atoms. The molecule has 0 amide bonds. The van der Waals surface area contributed by atoms with Crippen LogP contribution in [-0.2, 0) is 4.74 Å². The highest BCUT2D eigenvalue weighted by Gasteiger charge is 2.11. The smallest absolute Gasteiger partial charge is 0.338 e. The van der Waals surface area contributed by atoms with Crippen LogP contribution < -0.4 is 0 Å². The van der Waals surface area contributed by atoms with Crippen LogP contribution in [0.5, 0.6) is 0 Å². The molecule has 1 heterocycles. The summed E-state index contributed by atoms with van der Waals surface area (Å²) >= 11 is 0. The van der Waals surface area contributed by atoms with E-state index in [1.54, 1.807) is 18.2 Å². The molecule has 0 unspecified atom stereocenters. The lowest BCUT2D eigenvalue weighted by Crippen LogP contribution is -2.33. The van der Waals surface area contributed by atoms with E-state index < -0.39 is 0 Å². The predicted octanol–water partition coefficient (Wildman–Crippen LogP) is 3.39. The van der Waals surface area contributed by atoms with E-state index >= 15 is 0 Å². The molecule has 0 saturated carbocycles. The third-order valence-electron chi connectivity index (χ3n) is 3.47. The van der Waals surface area contributed by atoms with E-state index in [2.05, 4.69) is 11.5 Å². The summed E-state index contributed by atoms with van der Waals surface area (Å²) in [6, 6.07) is 7.29. The normalized spacial score (nSPS) is 15.2. The van der Waals surface area contributed by atoms with E-state index in [0.717, 1.165) is 25.2 Å². The first kappa shape index (κ1) is 16.7. The minimum Gasteiger partial charge on any atom is -0.461 e. The molecule has 0 aromatic heterocycles. The van der Waals surface area contributed by atoms with E-state index in [4.69, 9.17) is 4.74 Å². The van der Waals surface area contributed by atoms with E-state index in [-0.39, 0.29) is 18.4 Å². The molecule has 1 saturated heterocycles. The maximum absolute atomic E-state index is 11.8. The van der Waals surface area contributed by atoms with Crippen molar-refractivity contribution in [1.82, 2.24) is 4.90 Å². The summed E-state index contributed by atoms with van der Waals surface area (Å²) in [6.07, 6.45) is 5.60. The molecule has 0 aliphatic carbocycles. The Morgan fingerprint density at radius 2 is 1.85 bits per heavy atom. The monoisotopic (exact) mass is 295 g/mol. The summed E-state index contributed by atoms with van der Waals surface area (Å²) in [5, 5.41) is 0. The highest BCUT2D eigenvalue weighted by Crippen LogP contribution is 2.09. The number of esters is 1. The second-order valence-corrected chi connectivity index (χ2v) is 4.86. The standard InChI is InChI=1S/C16H21NO2.ClH/c1-2-14-6-8-15(9-7-14)16(18)19-13-12-17-10-4-3-5-11-17;/h2,6-9H,1,3-5,10-13H2;1H. The van der Waals surface area contributed by atoms with Crippen LogP contribution in [0.25, 0.3) is 6.08 Å². The Morgan fingerprint density at radius 1 is 1.20 bits per heavy atom. The van der Waals surface area contributed by atoms with Crippen LogP contribution >= 0.6 is 12.4 Å². The second kappa shape index (κ2) is 8.77. The van der Waals surface area contributed by atoms with Gasteiger partial charge in [-0.2, -0.15) is 0 Å². The van der Waals surface area contributed by atoms with Gasteiger partial charge in [0, 0.05) is 6.54 Å². The van der Waals surface area contributed by atoms with Crippen molar-refractivity contribution in [3.8, 4) is 0 Å². The largest absolute Gasteiger partial charge is 0.461 e. The van der Waals surface area contributed by atoms with Gasteiger partial charge in [-0.1, -0.05) is 31.2 Å². The van der Waals surface area contributed by atoms with Crippen LogP contribution in [-0.4, -0.2) is 37.1 Å². The fourth-order valence-corrected chi connectivity index (χ4v) is 2.29. The van der Waals surface area contributed by atoms with Crippen molar-refractivity contribution in [2.75, 3.05) is 26.2 Å². The van der Waals surface area contributed by atoms with Crippen molar-refractivity contribution in [1.29, 1.82) is 0 Å². The van der Waals surface area contributed by atoms with Gasteiger partial charge < -0.3 is 4.74 Å². The summed E-state index contributed by atoms with van der Waals surface area (Å²) in [7, 11) is 0. The fraction of sp³-hybridized carbons (Fsp3) is 0.438. The Labute approximate surface area is 127 Å². The topological polar surface area (TPSA) is 29.5 Å². The number of likely N-dealkylation sites (tertiary alicyclic amines) is 1. The zero-order valence-electron chi connectivity index (χ0n) is 11.7. The number of ether oxygens (including phenoxy) is 1. The van der Waals surface area contributed by atoms with Crippen LogP contribution in [0.2, 0.25) is 0 Å². The molecule has 1 aromatic carbocycles. The number of rotatable bonds is 5. The van der Waals surface area contributed by atoms with Crippen molar-refractivity contribution >= 4 is 24.5 Å². The van der Waals surface area contributed by atoms with Gasteiger partial charge >= 0.3 is 5.97 Å². The molecule has 1 fully saturated rings. The van der Waals surface area contributed by atoms with Crippen molar-refractivity contribution in [3.05, 3.63) is 42.0 Å². The van der Waals surface area contributed by atoms with Crippen molar-refractivity contribution in [2.24, 2.45) is 0 Å². The highest BCUT2D eigenvalue weighted by molar-refractivity contribution is 5.89. The zero-order chi connectivity index (χ0) is 13.5. The number of carbonyl (C=O) groups excluding carboxylic acids is 1. The molecule has 110 valence electrons. The van der Waals surface area contributed by atoms with Gasteiger partial charge in [0.05, 0.1) is 5.56 Å². The summed E-state index contributed by atoms with van der Waals surface area (Å²) in [5.74, 6) is -0.243. The molecule has 1 aromatic rings. The Morgan fingerprint density at radius 3 is 2.45 bits per heavy atom. The van der Waals surface area contributed by atoms with Crippen LogP contribution in [0.4, 0.5) is 0 Å². The zero-order valence-corrected chi connectivity index (χ0v) is 12.5. The first-order valence-corrected chi connectivity index (χ1v) is 6.91. The van der Waals surface area contributed by atoms with E-state index in [9.17, 15) is 4.79 Å². The van der Waals surface area contributed by atoms with E-state index in [1.807, 2.05) is 12.1 Å². The quantitative estimate of drug-likeness (QED) is 0.780. The lowest BCUT2D eigenvalue weighted by atomic mass is 10.1. The third-order valence-corrected chi connectivity index (χ3v) is 3.47. The van der Waals surface area contributed by atoms with E-state index in [1.165, 1.54) is 19.3 Å². The Kier molecular flexibility index (Phi) is 7.34. The molecule has 1 aliphatic heterocycles. The molecule has 2 rings (SSSR count). The lowest BCUT2D eigenvalue weighted by molar-refractivity contribution is 0.0452. The average molecular weight is 296 g/mol. The fourth-order valence-electron chi connectivity index (χ4n) is 2.29. The molecule has 0 spiro atoms. The van der Waals surface area contributed by atoms with Gasteiger partial charge in [0.25, 0.3) is 0 Å². The maximum atomic E-state index is 11.8. The molecular weight excluding hydrogens is 274 g/mol. The van der Waals surface area contributed by atoms with Gasteiger partial charge in [-0.3, -0.25) is 4.90 Å². The number of carbonyl (C=O) groups is 1. The average Bonchev–Trinajstić information content (AvgIpc) is 2.48. The Balaban J connectivity index is 0.00000200. The molecule has 20 heavy (non-hydrogen) atoms. The minimum atomic E-state index is -0.243. The first-order chi connectivity index (χ1) is 9.29. The van der Waals surface area contributed by atoms with Crippen molar-refractivity contribution in [2.45, 2.75) is 19.3 Å². The number of piperidine rings is 1. The predicted molar refractivity (Wildman–Crippen MR) is 84.4 cm³/mol. The molecule has 4 heteroatoms. The summed E-state index contributed by atoms with van der Waals surface area (Å²) in [4.78, 5) is 14.2. The van der Waals surface area contributed by atoms with Crippen LogP contribution in [0.1, 0.15) is 35.2 Å². The second-order valence-electron chi connectivity index (χ2n) is 4.86. The summed E-state index contributed by atoms with van der Waals surface area (Å²) in [5.41, 5.74) is 1.61. The summed E-state index contributed by atoms with van der Waals surface area (Å²) < 4.78 is 5.30. The Bertz CT molecular complexity index is 425. The van der Waals surface area contributed by atoms with Gasteiger partial charge in [-0.05, 0) is 43.6 Å². The van der Waals surface area contributed by atoms with Crippen molar-refractivity contribution in [3.63, 3.8) is 0 Å². The van der Waals surface area contributed by atoms with Gasteiger partial charge in [0.15, 0.2) is 0 Å². The Hall–Kier alpha value is -1.32. The van der Waals surface area contributed by atoms with Gasteiger partial charge in [0.2, 0.25) is 0 Å². The summed E-state index contributed by atoms with van der Waals surface area (Å²) in [6.45, 7) is 7.26. The number of nitrogens with zero attached hydrogens (tertiary/aromatic N) is 1. The first-order valence-electron chi connectivity index (χ1n) is 6.91. The van der Waals surface area contributed by atoms with Gasteiger partial charge in [0.1, 0.15) is 6.61 Å². The van der Waals surface area contributed by atoms with Gasteiger partial charge in [-0.15, -0.1) is 12.4 Å². The van der Waals surface area contributed by atoms with Crippen LogP contribution in [0.15, 0.2) is 30.8 Å². The van der Waals surface area contributed by atoms with Crippen LogP contribution in [0, 0.1) is 0 Å². The SMILES string of the molecule is C=Cc1ccc(C(=O)OCCN2CCCCC2)cc1.Cl. The van der Waals surface area contributed by atoms with Crippen molar-refractivity contribution < 1.29 is 9.53 Å². The van der Waals surface area contributed by atoms with E-state index in [0.29, 0.717) is 12.2 Å². The number of hydrogen-bond acceptors (Lipinski definition) is 3. The lowest BCUT2D eigenvalue weighted by Gasteiger charge is -2.25. The highest BCUT2D eigenvalue weighted by atomic mass is 35.5. The number of benzene rings is 1. The molecular formula is C16H22ClNO2.